The first-order chi connectivity index (χ1) is 10.9. The van der Waals surface area contributed by atoms with E-state index in [0.717, 1.165) is 11.6 Å². The van der Waals surface area contributed by atoms with Gasteiger partial charge in [0.2, 0.25) is 0 Å². The van der Waals surface area contributed by atoms with Crippen molar-refractivity contribution < 1.29 is 19.4 Å². The number of halogens is 2. The van der Waals surface area contributed by atoms with Crippen LogP contribution < -0.4 is 4.90 Å². The number of hydrogen-bond donors (Lipinski definition) is 2. The molecule has 1 amide bonds. The number of amides is 1. The molecule has 1 unspecified atom stereocenters. The number of aromatic hydroxyl groups is 2. The summed E-state index contributed by atoms with van der Waals surface area (Å²) in [4.78, 5) is 14.4. The standard InChI is InChI=1S/C17H15ClFNO3/c1-9-2-3-10-6-11(19)4-5-14(10)20(9)17(23)12-7-13(18)16(22)8-15(12)21/h4-9,21-22H,2-3H2,1H3. The van der Waals surface area contributed by atoms with E-state index >= 15 is 0 Å². The molecule has 120 valence electrons. The van der Waals surface area contributed by atoms with Crippen molar-refractivity contribution in [2.75, 3.05) is 4.90 Å². The van der Waals surface area contributed by atoms with Gasteiger partial charge in [0.15, 0.2) is 0 Å². The van der Waals surface area contributed by atoms with Gasteiger partial charge in [0.25, 0.3) is 5.91 Å². The second-order valence-corrected chi connectivity index (χ2v) is 6.06. The van der Waals surface area contributed by atoms with Gasteiger partial charge in [-0.05, 0) is 49.6 Å². The quantitative estimate of drug-likeness (QED) is 0.831. The third-order valence-corrected chi connectivity index (χ3v) is 4.39. The minimum absolute atomic E-state index is 0.00294. The zero-order chi connectivity index (χ0) is 16.7. The molecular weight excluding hydrogens is 321 g/mol. The molecule has 2 aromatic carbocycles. The van der Waals surface area contributed by atoms with E-state index in [0.29, 0.717) is 18.5 Å². The Kier molecular flexibility index (Phi) is 3.90. The van der Waals surface area contributed by atoms with Crippen molar-refractivity contribution in [3.05, 3.63) is 52.3 Å². The molecule has 2 aromatic rings. The molecule has 2 N–H and O–H groups in total. The van der Waals surface area contributed by atoms with Gasteiger partial charge in [0.1, 0.15) is 17.3 Å². The van der Waals surface area contributed by atoms with Gasteiger partial charge in [0.05, 0.1) is 10.6 Å². The molecule has 0 bridgehead atoms. The van der Waals surface area contributed by atoms with Crippen molar-refractivity contribution in [1.29, 1.82) is 0 Å². The second kappa shape index (κ2) is 5.74. The van der Waals surface area contributed by atoms with Crippen LogP contribution in [0.15, 0.2) is 30.3 Å². The number of fused-ring (bicyclic) bond motifs is 1. The molecule has 3 rings (SSSR count). The molecule has 0 radical (unpaired) electrons. The lowest BCUT2D eigenvalue weighted by atomic mass is 9.95. The molecule has 0 aliphatic carbocycles. The Bertz CT molecular complexity index is 794. The number of hydrogen-bond acceptors (Lipinski definition) is 3. The summed E-state index contributed by atoms with van der Waals surface area (Å²) in [6.07, 6.45) is 1.37. The number of anilines is 1. The molecule has 6 heteroatoms. The van der Waals surface area contributed by atoms with Crippen LogP contribution in [0, 0.1) is 5.82 Å². The van der Waals surface area contributed by atoms with Gasteiger partial charge in [-0.25, -0.2) is 4.39 Å². The number of aryl methyl sites for hydroxylation is 1. The third-order valence-electron chi connectivity index (χ3n) is 4.09. The number of rotatable bonds is 1. The normalized spacial score (nSPS) is 17.0. The molecule has 23 heavy (non-hydrogen) atoms. The van der Waals surface area contributed by atoms with E-state index in [4.69, 9.17) is 11.6 Å². The lowest BCUT2D eigenvalue weighted by Gasteiger charge is -2.35. The Balaban J connectivity index is 2.08. The van der Waals surface area contributed by atoms with E-state index in [1.807, 2.05) is 6.92 Å². The minimum Gasteiger partial charge on any atom is -0.507 e. The fraction of sp³-hybridized carbons (Fsp3) is 0.235. The van der Waals surface area contributed by atoms with Crippen LogP contribution in [0.1, 0.15) is 29.3 Å². The summed E-state index contributed by atoms with van der Waals surface area (Å²) in [6, 6.07) is 6.46. The second-order valence-electron chi connectivity index (χ2n) is 5.66. The molecule has 0 saturated heterocycles. The van der Waals surface area contributed by atoms with Gasteiger partial charge in [-0.15, -0.1) is 0 Å². The third kappa shape index (κ3) is 2.72. The first-order valence-electron chi connectivity index (χ1n) is 7.22. The van der Waals surface area contributed by atoms with E-state index in [-0.39, 0.29) is 33.9 Å². The summed E-state index contributed by atoms with van der Waals surface area (Å²) >= 11 is 5.84. The van der Waals surface area contributed by atoms with Gasteiger partial charge in [-0.1, -0.05) is 11.6 Å². The van der Waals surface area contributed by atoms with Crippen LogP contribution in [0.25, 0.3) is 0 Å². The zero-order valence-electron chi connectivity index (χ0n) is 12.4. The first-order valence-corrected chi connectivity index (χ1v) is 7.59. The molecule has 0 aromatic heterocycles. The van der Waals surface area contributed by atoms with Crippen LogP contribution in [-0.2, 0) is 6.42 Å². The van der Waals surface area contributed by atoms with Crippen molar-refractivity contribution in [3.8, 4) is 11.5 Å². The smallest absolute Gasteiger partial charge is 0.262 e. The summed E-state index contributed by atoms with van der Waals surface area (Å²) in [5.41, 5.74) is 1.37. The molecule has 1 heterocycles. The van der Waals surface area contributed by atoms with Crippen LogP contribution >= 0.6 is 11.6 Å². The summed E-state index contributed by atoms with van der Waals surface area (Å²) in [5.74, 6) is -1.43. The molecule has 1 atom stereocenters. The van der Waals surface area contributed by atoms with Gasteiger partial charge >= 0.3 is 0 Å². The Hall–Kier alpha value is -2.27. The van der Waals surface area contributed by atoms with Crippen molar-refractivity contribution in [2.24, 2.45) is 0 Å². The van der Waals surface area contributed by atoms with E-state index < -0.39 is 5.91 Å². The highest BCUT2D eigenvalue weighted by Gasteiger charge is 2.31. The average Bonchev–Trinajstić information content (AvgIpc) is 2.50. The lowest BCUT2D eigenvalue weighted by Crippen LogP contribution is -2.42. The van der Waals surface area contributed by atoms with Crippen LogP contribution in [0.3, 0.4) is 0 Å². The van der Waals surface area contributed by atoms with Gasteiger partial charge in [-0.3, -0.25) is 4.79 Å². The highest BCUT2D eigenvalue weighted by molar-refractivity contribution is 6.32. The fourth-order valence-corrected chi connectivity index (χ4v) is 3.05. The molecular formula is C17H15ClFNO3. The maximum Gasteiger partial charge on any atom is 0.262 e. The molecule has 1 aliphatic rings. The predicted octanol–water partition coefficient (Wildman–Crippen LogP) is 3.87. The van der Waals surface area contributed by atoms with Gasteiger partial charge in [-0.2, -0.15) is 0 Å². The number of carbonyl (C=O) groups excluding carboxylic acids is 1. The topological polar surface area (TPSA) is 60.8 Å². The van der Waals surface area contributed by atoms with Crippen molar-refractivity contribution >= 4 is 23.2 Å². The Labute approximate surface area is 137 Å². The summed E-state index contributed by atoms with van der Waals surface area (Å²) < 4.78 is 13.4. The molecule has 0 fully saturated rings. The Morgan fingerprint density at radius 1 is 1.26 bits per heavy atom. The molecule has 0 saturated carbocycles. The zero-order valence-corrected chi connectivity index (χ0v) is 13.1. The SMILES string of the molecule is CC1CCc2cc(F)ccc2N1C(=O)c1cc(Cl)c(O)cc1O. The van der Waals surface area contributed by atoms with E-state index in [2.05, 4.69) is 0 Å². The highest BCUT2D eigenvalue weighted by Crippen LogP contribution is 2.36. The lowest BCUT2D eigenvalue weighted by molar-refractivity contribution is 0.0972. The Morgan fingerprint density at radius 3 is 2.74 bits per heavy atom. The predicted molar refractivity (Wildman–Crippen MR) is 85.8 cm³/mol. The Morgan fingerprint density at radius 2 is 2.00 bits per heavy atom. The number of nitrogens with zero attached hydrogens (tertiary/aromatic N) is 1. The maximum atomic E-state index is 13.4. The molecule has 0 spiro atoms. The average molecular weight is 336 g/mol. The van der Waals surface area contributed by atoms with Crippen LogP contribution in [0.5, 0.6) is 11.5 Å². The van der Waals surface area contributed by atoms with Crippen molar-refractivity contribution in [3.63, 3.8) is 0 Å². The molecule has 4 nitrogen and oxygen atoms in total. The monoisotopic (exact) mass is 335 g/mol. The summed E-state index contributed by atoms with van der Waals surface area (Å²) in [5, 5.41) is 19.4. The highest BCUT2D eigenvalue weighted by atomic mass is 35.5. The number of carbonyl (C=O) groups is 1. The number of phenols is 2. The maximum absolute atomic E-state index is 13.4. The first kappa shape index (κ1) is 15.6. The molecule has 1 aliphatic heterocycles. The summed E-state index contributed by atoms with van der Waals surface area (Å²) in [7, 11) is 0. The largest absolute Gasteiger partial charge is 0.507 e. The van der Waals surface area contributed by atoms with Crippen LogP contribution in [-0.4, -0.2) is 22.2 Å². The van der Waals surface area contributed by atoms with Crippen molar-refractivity contribution in [1.82, 2.24) is 0 Å². The van der Waals surface area contributed by atoms with E-state index in [1.54, 1.807) is 6.07 Å². The van der Waals surface area contributed by atoms with E-state index in [9.17, 15) is 19.4 Å². The van der Waals surface area contributed by atoms with Crippen molar-refractivity contribution in [2.45, 2.75) is 25.8 Å². The summed E-state index contributed by atoms with van der Waals surface area (Å²) in [6.45, 7) is 1.89. The number of phenolic OH excluding ortho intramolecular Hbond substituents is 2. The number of benzene rings is 2. The van der Waals surface area contributed by atoms with Gasteiger partial charge in [0, 0.05) is 17.8 Å². The van der Waals surface area contributed by atoms with Crippen LogP contribution in [0.2, 0.25) is 5.02 Å². The van der Waals surface area contributed by atoms with E-state index in [1.165, 1.54) is 23.1 Å². The van der Waals surface area contributed by atoms with Gasteiger partial charge < -0.3 is 15.1 Å². The van der Waals surface area contributed by atoms with Crippen LogP contribution in [0.4, 0.5) is 10.1 Å². The fourth-order valence-electron chi connectivity index (χ4n) is 2.88. The minimum atomic E-state index is -0.440.